The van der Waals surface area contributed by atoms with Crippen molar-refractivity contribution in [3.8, 4) is 0 Å². The zero-order valence-corrected chi connectivity index (χ0v) is 11.9. The Morgan fingerprint density at radius 3 is 2.80 bits per heavy atom. The Kier molecular flexibility index (Phi) is 4.39. The molecule has 5 heteroatoms. The summed E-state index contributed by atoms with van der Waals surface area (Å²) in [6, 6.07) is 6.91. The standard InChI is InChI=1S/C15H20N2O3/c1-3-20-13(18)11-6-4-5-7-12(11)17-14(19)15(2)8-9-16-10-15/h4-7,16H,3,8-10H2,1-2H3,(H,17,19). The predicted molar refractivity (Wildman–Crippen MR) is 76.6 cm³/mol. The van der Waals surface area contributed by atoms with Crippen molar-refractivity contribution in [2.24, 2.45) is 5.41 Å². The summed E-state index contributed by atoms with van der Waals surface area (Å²) in [4.78, 5) is 24.2. The maximum absolute atomic E-state index is 12.4. The molecule has 1 aliphatic heterocycles. The molecule has 0 radical (unpaired) electrons. The van der Waals surface area contributed by atoms with E-state index in [4.69, 9.17) is 4.74 Å². The van der Waals surface area contributed by atoms with E-state index in [1.165, 1.54) is 0 Å². The van der Waals surface area contributed by atoms with Crippen LogP contribution in [0.1, 0.15) is 30.6 Å². The Labute approximate surface area is 118 Å². The average Bonchev–Trinajstić information content (AvgIpc) is 2.88. The number of benzene rings is 1. The summed E-state index contributed by atoms with van der Waals surface area (Å²) in [5.74, 6) is -0.489. The van der Waals surface area contributed by atoms with Gasteiger partial charge in [0, 0.05) is 6.54 Å². The van der Waals surface area contributed by atoms with Crippen LogP contribution in [0, 0.1) is 5.41 Å². The van der Waals surface area contributed by atoms with Gasteiger partial charge in [0.25, 0.3) is 0 Å². The molecule has 1 fully saturated rings. The number of hydrogen-bond acceptors (Lipinski definition) is 4. The molecule has 2 N–H and O–H groups in total. The molecule has 1 amide bonds. The number of ether oxygens (including phenoxy) is 1. The molecule has 1 unspecified atom stereocenters. The minimum absolute atomic E-state index is 0.0701. The van der Waals surface area contributed by atoms with Crippen molar-refractivity contribution in [1.29, 1.82) is 0 Å². The van der Waals surface area contributed by atoms with E-state index in [0.717, 1.165) is 13.0 Å². The van der Waals surface area contributed by atoms with Crippen LogP contribution in [0.2, 0.25) is 0 Å². The second-order valence-corrected chi connectivity index (χ2v) is 5.21. The Morgan fingerprint density at radius 1 is 1.40 bits per heavy atom. The van der Waals surface area contributed by atoms with E-state index in [-0.39, 0.29) is 5.91 Å². The van der Waals surface area contributed by atoms with E-state index in [1.807, 2.05) is 6.92 Å². The van der Waals surface area contributed by atoms with Crippen LogP contribution in [0.15, 0.2) is 24.3 Å². The molecule has 1 heterocycles. The predicted octanol–water partition coefficient (Wildman–Crippen LogP) is 1.80. The van der Waals surface area contributed by atoms with Gasteiger partial charge in [0.1, 0.15) is 0 Å². The van der Waals surface area contributed by atoms with Crippen molar-refractivity contribution >= 4 is 17.6 Å². The van der Waals surface area contributed by atoms with Crippen LogP contribution in [0.25, 0.3) is 0 Å². The molecule has 5 nitrogen and oxygen atoms in total. The van der Waals surface area contributed by atoms with Crippen LogP contribution in [0.5, 0.6) is 0 Å². The molecule has 1 aliphatic rings. The van der Waals surface area contributed by atoms with Gasteiger partial charge >= 0.3 is 5.97 Å². The number of amides is 1. The molecule has 2 rings (SSSR count). The van der Waals surface area contributed by atoms with Gasteiger partial charge in [-0.15, -0.1) is 0 Å². The Balaban J connectivity index is 2.17. The van der Waals surface area contributed by atoms with E-state index < -0.39 is 11.4 Å². The quantitative estimate of drug-likeness (QED) is 0.823. The Hall–Kier alpha value is -1.88. The summed E-state index contributed by atoms with van der Waals surface area (Å²) in [7, 11) is 0. The maximum Gasteiger partial charge on any atom is 0.340 e. The van der Waals surface area contributed by atoms with Crippen molar-refractivity contribution in [3.05, 3.63) is 29.8 Å². The van der Waals surface area contributed by atoms with Gasteiger partial charge in [0.15, 0.2) is 0 Å². The number of carbonyl (C=O) groups excluding carboxylic acids is 2. The third-order valence-corrected chi connectivity index (χ3v) is 3.59. The largest absolute Gasteiger partial charge is 0.462 e. The van der Waals surface area contributed by atoms with Crippen LogP contribution < -0.4 is 10.6 Å². The molecule has 0 aromatic heterocycles. The Morgan fingerprint density at radius 2 is 2.15 bits per heavy atom. The van der Waals surface area contributed by atoms with Crippen LogP contribution in [0.3, 0.4) is 0 Å². The van der Waals surface area contributed by atoms with Crippen LogP contribution in [-0.4, -0.2) is 31.6 Å². The van der Waals surface area contributed by atoms with Crippen molar-refractivity contribution in [2.45, 2.75) is 20.3 Å². The van der Waals surface area contributed by atoms with Crippen molar-refractivity contribution in [2.75, 3.05) is 25.0 Å². The molecule has 1 aromatic rings. The second kappa shape index (κ2) is 6.05. The highest BCUT2D eigenvalue weighted by atomic mass is 16.5. The molecule has 0 spiro atoms. The summed E-state index contributed by atoms with van der Waals surface area (Å²) in [6.45, 7) is 5.48. The van der Waals surface area contributed by atoms with Crippen molar-refractivity contribution < 1.29 is 14.3 Å². The number of esters is 1. The molecular weight excluding hydrogens is 256 g/mol. The highest BCUT2D eigenvalue weighted by molar-refractivity contribution is 6.03. The first kappa shape index (κ1) is 14.5. The van der Waals surface area contributed by atoms with Crippen LogP contribution >= 0.6 is 0 Å². The molecular formula is C15H20N2O3. The first-order valence-corrected chi connectivity index (χ1v) is 6.85. The second-order valence-electron chi connectivity index (χ2n) is 5.21. The molecule has 1 saturated heterocycles. The summed E-state index contributed by atoms with van der Waals surface area (Å²) >= 11 is 0. The molecule has 1 atom stereocenters. The number of para-hydroxylation sites is 1. The van der Waals surface area contributed by atoms with E-state index in [2.05, 4.69) is 10.6 Å². The molecule has 0 aliphatic carbocycles. The van der Waals surface area contributed by atoms with Gasteiger partial charge in [-0.05, 0) is 38.9 Å². The van der Waals surface area contributed by atoms with E-state index in [0.29, 0.717) is 24.4 Å². The van der Waals surface area contributed by atoms with Gasteiger partial charge in [0.05, 0.1) is 23.3 Å². The first-order valence-electron chi connectivity index (χ1n) is 6.85. The summed E-state index contributed by atoms with van der Waals surface area (Å²) < 4.78 is 5.00. The van der Waals surface area contributed by atoms with Crippen molar-refractivity contribution in [1.82, 2.24) is 5.32 Å². The summed E-state index contributed by atoms with van der Waals surface area (Å²) in [5.41, 5.74) is 0.461. The average molecular weight is 276 g/mol. The normalized spacial score (nSPS) is 21.5. The number of anilines is 1. The minimum Gasteiger partial charge on any atom is -0.462 e. The fourth-order valence-electron chi connectivity index (χ4n) is 2.26. The minimum atomic E-state index is -0.429. The van der Waals surface area contributed by atoms with E-state index >= 15 is 0 Å². The molecule has 20 heavy (non-hydrogen) atoms. The number of nitrogens with one attached hydrogen (secondary N) is 2. The fourth-order valence-corrected chi connectivity index (χ4v) is 2.26. The van der Waals surface area contributed by atoms with Crippen LogP contribution in [-0.2, 0) is 9.53 Å². The zero-order chi connectivity index (χ0) is 14.6. The SMILES string of the molecule is CCOC(=O)c1ccccc1NC(=O)C1(C)CCNC1. The highest BCUT2D eigenvalue weighted by Crippen LogP contribution is 2.27. The number of rotatable bonds is 4. The lowest BCUT2D eigenvalue weighted by Crippen LogP contribution is -2.35. The van der Waals surface area contributed by atoms with Gasteiger partial charge in [-0.25, -0.2) is 4.79 Å². The Bertz CT molecular complexity index is 508. The van der Waals surface area contributed by atoms with Gasteiger partial charge < -0.3 is 15.4 Å². The van der Waals surface area contributed by atoms with Gasteiger partial charge in [-0.2, -0.15) is 0 Å². The van der Waals surface area contributed by atoms with Gasteiger partial charge in [0.2, 0.25) is 5.91 Å². The van der Waals surface area contributed by atoms with Gasteiger partial charge in [-0.3, -0.25) is 4.79 Å². The lowest BCUT2D eigenvalue weighted by molar-refractivity contribution is -0.123. The fraction of sp³-hybridized carbons (Fsp3) is 0.467. The lowest BCUT2D eigenvalue weighted by Gasteiger charge is -2.22. The smallest absolute Gasteiger partial charge is 0.340 e. The zero-order valence-electron chi connectivity index (χ0n) is 11.9. The monoisotopic (exact) mass is 276 g/mol. The first-order chi connectivity index (χ1) is 9.57. The van der Waals surface area contributed by atoms with Gasteiger partial charge in [-0.1, -0.05) is 12.1 Å². The molecule has 108 valence electrons. The topological polar surface area (TPSA) is 67.4 Å². The third kappa shape index (κ3) is 2.99. The number of hydrogen-bond donors (Lipinski definition) is 2. The third-order valence-electron chi connectivity index (χ3n) is 3.59. The molecule has 0 bridgehead atoms. The molecule has 1 aromatic carbocycles. The maximum atomic E-state index is 12.4. The summed E-state index contributed by atoms with van der Waals surface area (Å²) in [5, 5.41) is 6.04. The summed E-state index contributed by atoms with van der Waals surface area (Å²) in [6.07, 6.45) is 0.792. The van der Waals surface area contributed by atoms with Crippen LogP contribution in [0.4, 0.5) is 5.69 Å². The lowest BCUT2D eigenvalue weighted by atomic mass is 9.88. The van der Waals surface area contributed by atoms with E-state index in [1.54, 1.807) is 31.2 Å². The molecule has 0 saturated carbocycles. The number of carbonyl (C=O) groups is 2. The highest BCUT2D eigenvalue weighted by Gasteiger charge is 2.36. The van der Waals surface area contributed by atoms with E-state index in [9.17, 15) is 9.59 Å². The van der Waals surface area contributed by atoms with Crippen molar-refractivity contribution in [3.63, 3.8) is 0 Å².